The van der Waals surface area contributed by atoms with Gasteiger partial charge in [0.05, 0.1) is 12.6 Å². The molecular weight excluding hydrogens is 202 g/mol. The van der Waals surface area contributed by atoms with E-state index in [1.807, 2.05) is 13.8 Å². The molecule has 1 amide bonds. The van der Waals surface area contributed by atoms with Gasteiger partial charge in [-0.2, -0.15) is 0 Å². The Hall–Kier alpha value is -0.570. The fraction of sp³-hybridized carbons (Fsp3) is 0.923. The molecule has 0 aromatic heterocycles. The Labute approximate surface area is 99.6 Å². The number of carbonyl (C=O) groups excluding carboxylic acids is 1. The maximum atomic E-state index is 11.5. The van der Waals surface area contributed by atoms with Crippen molar-refractivity contribution >= 4 is 5.91 Å². The largest absolute Gasteiger partial charge is 0.394 e. The fourth-order valence-corrected chi connectivity index (χ4v) is 1.59. The van der Waals surface area contributed by atoms with Crippen LogP contribution in [-0.2, 0) is 4.79 Å². The van der Waals surface area contributed by atoms with E-state index in [-0.39, 0.29) is 24.5 Å². The molecule has 96 valence electrons. The van der Waals surface area contributed by atoms with Crippen molar-refractivity contribution in [2.24, 2.45) is 5.92 Å². The van der Waals surface area contributed by atoms with Gasteiger partial charge >= 0.3 is 0 Å². The van der Waals surface area contributed by atoms with Gasteiger partial charge in [-0.05, 0) is 12.3 Å². The summed E-state index contributed by atoms with van der Waals surface area (Å²) in [5.41, 5.74) is 0. The van der Waals surface area contributed by atoms with Crippen LogP contribution in [0.15, 0.2) is 0 Å². The summed E-state index contributed by atoms with van der Waals surface area (Å²) in [6.07, 6.45) is 6.39. The monoisotopic (exact) mass is 229 g/mol. The van der Waals surface area contributed by atoms with Crippen LogP contribution in [0.3, 0.4) is 0 Å². The first kappa shape index (κ1) is 15.4. The molecule has 1 atom stereocenters. The number of hydrogen-bond donors (Lipinski definition) is 2. The summed E-state index contributed by atoms with van der Waals surface area (Å²) >= 11 is 0. The minimum Gasteiger partial charge on any atom is -0.394 e. The summed E-state index contributed by atoms with van der Waals surface area (Å²) in [7, 11) is 0. The number of rotatable bonds is 9. The highest BCUT2D eigenvalue weighted by Crippen LogP contribution is 2.06. The van der Waals surface area contributed by atoms with Crippen LogP contribution in [0, 0.1) is 5.92 Å². The van der Waals surface area contributed by atoms with E-state index >= 15 is 0 Å². The molecule has 3 heteroatoms. The second-order valence-electron chi connectivity index (χ2n) is 4.76. The highest BCUT2D eigenvalue weighted by Gasteiger charge is 2.14. The van der Waals surface area contributed by atoms with Crippen molar-refractivity contribution in [1.29, 1.82) is 0 Å². The van der Waals surface area contributed by atoms with Crippen LogP contribution < -0.4 is 5.32 Å². The Bertz CT molecular complexity index is 181. The summed E-state index contributed by atoms with van der Waals surface area (Å²) in [6, 6.07) is -0.0943. The van der Waals surface area contributed by atoms with E-state index in [1.54, 1.807) is 0 Å². The lowest BCUT2D eigenvalue weighted by molar-refractivity contribution is -0.122. The summed E-state index contributed by atoms with van der Waals surface area (Å²) in [6.45, 7) is 6.21. The molecule has 0 rings (SSSR count). The number of amides is 1. The zero-order valence-electron chi connectivity index (χ0n) is 11.0. The Morgan fingerprint density at radius 2 is 1.81 bits per heavy atom. The van der Waals surface area contributed by atoms with Crippen LogP contribution >= 0.6 is 0 Å². The van der Waals surface area contributed by atoms with Gasteiger partial charge in [-0.25, -0.2) is 0 Å². The van der Waals surface area contributed by atoms with Crippen LogP contribution in [0.25, 0.3) is 0 Å². The molecule has 2 N–H and O–H groups in total. The predicted molar refractivity (Wildman–Crippen MR) is 67.2 cm³/mol. The van der Waals surface area contributed by atoms with E-state index in [9.17, 15) is 4.79 Å². The van der Waals surface area contributed by atoms with Gasteiger partial charge in [0.1, 0.15) is 0 Å². The van der Waals surface area contributed by atoms with E-state index < -0.39 is 0 Å². The molecule has 0 saturated heterocycles. The first-order valence-electron chi connectivity index (χ1n) is 6.52. The molecular formula is C13H27NO2. The van der Waals surface area contributed by atoms with Crippen molar-refractivity contribution in [1.82, 2.24) is 5.32 Å². The van der Waals surface area contributed by atoms with Gasteiger partial charge in [0, 0.05) is 6.42 Å². The fourth-order valence-electron chi connectivity index (χ4n) is 1.59. The van der Waals surface area contributed by atoms with Gasteiger partial charge in [0.2, 0.25) is 5.91 Å². The van der Waals surface area contributed by atoms with Gasteiger partial charge in [-0.3, -0.25) is 4.79 Å². The predicted octanol–water partition coefficient (Wildman–Crippen LogP) is 2.48. The zero-order valence-corrected chi connectivity index (χ0v) is 11.0. The van der Waals surface area contributed by atoms with Crippen LogP contribution in [0.4, 0.5) is 0 Å². The average molecular weight is 229 g/mol. The molecule has 0 aromatic carbocycles. The molecule has 0 heterocycles. The molecule has 0 aliphatic heterocycles. The lowest BCUT2D eigenvalue weighted by Crippen LogP contribution is -2.41. The third kappa shape index (κ3) is 7.69. The number of carbonyl (C=O) groups is 1. The molecule has 0 unspecified atom stereocenters. The number of unbranched alkanes of at least 4 members (excludes halogenated alkanes) is 4. The molecule has 0 saturated carbocycles. The number of aliphatic hydroxyl groups excluding tert-OH is 1. The highest BCUT2D eigenvalue weighted by molar-refractivity contribution is 5.76. The Morgan fingerprint density at radius 1 is 1.19 bits per heavy atom. The topological polar surface area (TPSA) is 49.3 Å². The quantitative estimate of drug-likeness (QED) is 0.597. The van der Waals surface area contributed by atoms with E-state index in [1.165, 1.54) is 19.3 Å². The van der Waals surface area contributed by atoms with E-state index in [0.29, 0.717) is 6.42 Å². The Balaban J connectivity index is 3.57. The second kappa shape index (κ2) is 9.64. The van der Waals surface area contributed by atoms with Crippen molar-refractivity contribution in [3.8, 4) is 0 Å². The summed E-state index contributed by atoms with van der Waals surface area (Å²) in [5, 5.41) is 11.9. The van der Waals surface area contributed by atoms with Gasteiger partial charge < -0.3 is 10.4 Å². The van der Waals surface area contributed by atoms with Crippen LogP contribution in [-0.4, -0.2) is 23.7 Å². The Kier molecular flexibility index (Phi) is 9.30. The molecule has 0 radical (unpaired) electrons. The van der Waals surface area contributed by atoms with Crippen LogP contribution in [0.1, 0.15) is 59.3 Å². The van der Waals surface area contributed by atoms with E-state index in [4.69, 9.17) is 5.11 Å². The third-order valence-electron chi connectivity index (χ3n) is 2.86. The molecule has 3 nitrogen and oxygen atoms in total. The molecule has 0 aliphatic carbocycles. The Morgan fingerprint density at radius 3 is 2.31 bits per heavy atom. The van der Waals surface area contributed by atoms with Gasteiger partial charge in [-0.15, -0.1) is 0 Å². The molecule has 0 bridgehead atoms. The van der Waals surface area contributed by atoms with Gasteiger partial charge in [-0.1, -0.05) is 46.5 Å². The highest BCUT2D eigenvalue weighted by atomic mass is 16.3. The smallest absolute Gasteiger partial charge is 0.220 e. The minimum atomic E-state index is -0.0943. The van der Waals surface area contributed by atoms with Crippen LogP contribution in [0.2, 0.25) is 0 Å². The molecule has 0 spiro atoms. The first-order valence-corrected chi connectivity index (χ1v) is 6.52. The molecule has 0 aromatic rings. The normalized spacial score (nSPS) is 12.8. The third-order valence-corrected chi connectivity index (χ3v) is 2.86. The zero-order chi connectivity index (χ0) is 12.4. The van der Waals surface area contributed by atoms with Crippen molar-refractivity contribution < 1.29 is 9.90 Å². The van der Waals surface area contributed by atoms with E-state index in [2.05, 4.69) is 12.2 Å². The molecule has 0 fully saturated rings. The van der Waals surface area contributed by atoms with E-state index in [0.717, 1.165) is 12.8 Å². The lowest BCUT2D eigenvalue weighted by atomic mass is 10.0. The van der Waals surface area contributed by atoms with Crippen molar-refractivity contribution in [2.45, 2.75) is 65.3 Å². The van der Waals surface area contributed by atoms with Crippen molar-refractivity contribution in [3.63, 3.8) is 0 Å². The average Bonchev–Trinajstić information content (AvgIpc) is 2.25. The maximum absolute atomic E-state index is 11.5. The summed E-state index contributed by atoms with van der Waals surface area (Å²) in [5.74, 6) is 0.360. The first-order chi connectivity index (χ1) is 7.61. The lowest BCUT2D eigenvalue weighted by Gasteiger charge is -2.19. The minimum absolute atomic E-state index is 0.0270. The number of hydrogen-bond acceptors (Lipinski definition) is 2. The standard InChI is InChI=1S/C13H27NO2/c1-4-5-6-7-8-9-13(16)14-12(10-15)11(2)3/h11-12,15H,4-10H2,1-3H3,(H,14,16)/t12-/m1/s1. The number of aliphatic hydroxyl groups is 1. The second-order valence-corrected chi connectivity index (χ2v) is 4.76. The number of nitrogens with one attached hydrogen (secondary N) is 1. The van der Waals surface area contributed by atoms with Gasteiger partial charge in [0.25, 0.3) is 0 Å². The van der Waals surface area contributed by atoms with Crippen molar-refractivity contribution in [2.75, 3.05) is 6.61 Å². The molecule has 16 heavy (non-hydrogen) atoms. The maximum Gasteiger partial charge on any atom is 0.220 e. The molecule has 0 aliphatic rings. The van der Waals surface area contributed by atoms with Gasteiger partial charge in [0.15, 0.2) is 0 Å². The van der Waals surface area contributed by atoms with Crippen molar-refractivity contribution in [3.05, 3.63) is 0 Å². The SMILES string of the molecule is CCCCCCCC(=O)N[C@H](CO)C(C)C. The summed E-state index contributed by atoms with van der Waals surface area (Å²) in [4.78, 5) is 11.5. The summed E-state index contributed by atoms with van der Waals surface area (Å²) < 4.78 is 0. The van der Waals surface area contributed by atoms with Crippen LogP contribution in [0.5, 0.6) is 0 Å².